The quantitative estimate of drug-likeness (QED) is 0.922. The SMILES string of the molecule is Cc1ccc2cc(CN3CCNC[C@H]3C)ccc2n1.Cl. The molecule has 0 radical (unpaired) electrons. The Morgan fingerprint density at radius 1 is 1.30 bits per heavy atom. The molecule has 3 rings (SSSR count). The zero-order chi connectivity index (χ0) is 13.2. The van der Waals surface area contributed by atoms with E-state index in [0.29, 0.717) is 6.04 Å². The third-order valence-corrected chi connectivity index (χ3v) is 3.92. The summed E-state index contributed by atoms with van der Waals surface area (Å²) in [5, 5.41) is 4.68. The highest BCUT2D eigenvalue weighted by Crippen LogP contribution is 2.17. The molecule has 0 aliphatic carbocycles. The Morgan fingerprint density at radius 3 is 2.95 bits per heavy atom. The second-order valence-corrected chi connectivity index (χ2v) is 5.50. The fourth-order valence-corrected chi connectivity index (χ4v) is 2.73. The first-order chi connectivity index (χ1) is 9.22. The molecule has 0 bridgehead atoms. The van der Waals surface area contributed by atoms with Gasteiger partial charge in [-0.15, -0.1) is 12.4 Å². The van der Waals surface area contributed by atoms with Crippen LogP contribution in [0.2, 0.25) is 0 Å². The fourth-order valence-electron chi connectivity index (χ4n) is 2.73. The first-order valence-electron chi connectivity index (χ1n) is 7.03. The van der Waals surface area contributed by atoms with Crippen LogP contribution in [0.5, 0.6) is 0 Å². The van der Waals surface area contributed by atoms with Crippen LogP contribution in [0.3, 0.4) is 0 Å². The number of nitrogens with one attached hydrogen (secondary N) is 1. The molecule has 2 heterocycles. The Hall–Kier alpha value is -1.16. The lowest BCUT2D eigenvalue weighted by Gasteiger charge is -2.33. The molecule has 1 fully saturated rings. The largest absolute Gasteiger partial charge is 0.314 e. The minimum atomic E-state index is 0. The van der Waals surface area contributed by atoms with Crippen LogP contribution >= 0.6 is 12.4 Å². The molecule has 1 atom stereocenters. The molecule has 1 N–H and O–H groups in total. The van der Waals surface area contributed by atoms with E-state index in [2.05, 4.69) is 52.5 Å². The summed E-state index contributed by atoms with van der Waals surface area (Å²) in [6.07, 6.45) is 0. The lowest BCUT2D eigenvalue weighted by atomic mass is 10.1. The van der Waals surface area contributed by atoms with Gasteiger partial charge in [0, 0.05) is 43.3 Å². The normalized spacial score (nSPS) is 19.8. The summed E-state index contributed by atoms with van der Waals surface area (Å²) in [4.78, 5) is 7.10. The van der Waals surface area contributed by atoms with Crippen molar-refractivity contribution in [3.8, 4) is 0 Å². The second kappa shape index (κ2) is 6.53. The first kappa shape index (κ1) is 15.2. The Morgan fingerprint density at radius 2 is 2.15 bits per heavy atom. The highest BCUT2D eigenvalue weighted by Gasteiger charge is 2.17. The predicted octanol–water partition coefficient (Wildman–Crippen LogP) is 2.76. The Balaban J connectivity index is 0.00000147. The van der Waals surface area contributed by atoms with E-state index in [1.807, 2.05) is 6.92 Å². The second-order valence-electron chi connectivity index (χ2n) is 5.50. The number of piperazine rings is 1. The van der Waals surface area contributed by atoms with Gasteiger partial charge in [0.25, 0.3) is 0 Å². The van der Waals surface area contributed by atoms with Gasteiger partial charge in [-0.3, -0.25) is 9.88 Å². The van der Waals surface area contributed by atoms with Gasteiger partial charge in [-0.25, -0.2) is 0 Å². The van der Waals surface area contributed by atoms with Crippen LogP contribution in [0.1, 0.15) is 18.2 Å². The van der Waals surface area contributed by atoms with Gasteiger partial charge >= 0.3 is 0 Å². The van der Waals surface area contributed by atoms with E-state index < -0.39 is 0 Å². The number of aryl methyl sites for hydroxylation is 1. The molecule has 1 aromatic carbocycles. The summed E-state index contributed by atoms with van der Waals surface area (Å²) in [5.74, 6) is 0. The van der Waals surface area contributed by atoms with Crippen molar-refractivity contribution in [2.75, 3.05) is 19.6 Å². The lowest BCUT2D eigenvalue weighted by molar-refractivity contribution is 0.165. The summed E-state index contributed by atoms with van der Waals surface area (Å²) in [6, 6.07) is 11.5. The third kappa shape index (κ3) is 3.29. The van der Waals surface area contributed by atoms with Crippen molar-refractivity contribution in [2.24, 2.45) is 0 Å². The molecule has 3 nitrogen and oxygen atoms in total. The molecule has 1 aromatic heterocycles. The smallest absolute Gasteiger partial charge is 0.0705 e. The highest BCUT2D eigenvalue weighted by atomic mass is 35.5. The van der Waals surface area contributed by atoms with Gasteiger partial charge in [0.05, 0.1) is 5.52 Å². The van der Waals surface area contributed by atoms with E-state index in [1.54, 1.807) is 0 Å². The molecule has 1 saturated heterocycles. The number of hydrogen-bond donors (Lipinski definition) is 1. The van der Waals surface area contributed by atoms with Gasteiger partial charge in [-0.05, 0) is 37.6 Å². The fraction of sp³-hybridized carbons (Fsp3) is 0.438. The minimum absolute atomic E-state index is 0. The van der Waals surface area contributed by atoms with Gasteiger partial charge in [-0.2, -0.15) is 0 Å². The molecule has 2 aromatic rings. The van der Waals surface area contributed by atoms with Crippen LogP contribution in [0.4, 0.5) is 0 Å². The zero-order valence-corrected chi connectivity index (χ0v) is 12.9. The summed E-state index contributed by atoms with van der Waals surface area (Å²) in [7, 11) is 0. The predicted molar refractivity (Wildman–Crippen MR) is 86.5 cm³/mol. The number of nitrogens with zero attached hydrogens (tertiary/aromatic N) is 2. The van der Waals surface area contributed by atoms with E-state index in [1.165, 1.54) is 10.9 Å². The maximum atomic E-state index is 4.55. The number of pyridine rings is 1. The molecule has 108 valence electrons. The van der Waals surface area contributed by atoms with Crippen LogP contribution < -0.4 is 5.32 Å². The Bertz CT molecular complexity index is 585. The van der Waals surface area contributed by atoms with Crippen molar-refractivity contribution in [3.63, 3.8) is 0 Å². The summed E-state index contributed by atoms with van der Waals surface area (Å²) >= 11 is 0. The number of fused-ring (bicyclic) bond motifs is 1. The molecular formula is C16H22ClN3. The van der Waals surface area contributed by atoms with Gasteiger partial charge in [-0.1, -0.05) is 12.1 Å². The van der Waals surface area contributed by atoms with Crippen molar-refractivity contribution in [2.45, 2.75) is 26.4 Å². The molecule has 1 aliphatic heterocycles. The van der Waals surface area contributed by atoms with E-state index in [-0.39, 0.29) is 12.4 Å². The highest BCUT2D eigenvalue weighted by molar-refractivity contribution is 5.85. The van der Waals surface area contributed by atoms with Crippen LogP contribution in [-0.2, 0) is 6.54 Å². The van der Waals surface area contributed by atoms with Crippen LogP contribution in [0.25, 0.3) is 10.9 Å². The summed E-state index contributed by atoms with van der Waals surface area (Å²) < 4.78 is 0. The van der Waals surface area contributed by atoms with Crippen molar-refractivity contribution in [1.29, 1.82) is 0 Å². The minimum Gasteiger partial charge on any atom is -0.314 e. The van der Waals surface area contributed by atoms with E-state index in [4.69, 9.17) is 0 Å². The maximum absolute atomic E-state index is 4.55. The molecular weight excluding hydrogens is 270 g/mol. The summed E-state index contributed by atoms with van der Waals surface area (Å²) in [6.45, 7) is 8.68. The van der Waals surface area contributed by atoms with Crippen LogP contribution in [0.15, 0.2) is 30.3 Å². The molecule has 0 unspecified atom stereocenters. The Labute approximate surface area is 126 Å². The van der Waals surface area contributed by atoms with E-state index in [0.717, 1.165) is 37.4 Å². The topological polar surface area (TPSA) is 28.2 Å². The average molecular weight is 292 g/mol. The average Bonchev–Trinajstić information content (AvgIpc) is 2.41. The lowest BCUT2D eigenvalue weighted by Crippen LogP contribution is -2.49. The monoisotopic (exact) mass is 291 g/mol. The Kier molecular flexibility index (Phi) is 4.97. The van der Waals surface area contributed by atoms with Gasteiger partial charge in [0.2, 0.25) is 0 Å². The van der Waals surface area contributed by atoms with Gasteiger partial charge in [0.1, 0.15) is 0 Å². The molecule has 0 saturated carbocycles. The van der Waals surface area contributed by atoms with Crippen LogP contribution in [-0.4, -0.2) is 35.6 Å². The van der Waals surface area contributed by atoms with Crippen LogP contribution in [0, 0.1) is 6.92 Å². The molecule has 0 amide bonds. The zero-order valence-electron chi connectivity index (χ0n) is 12.1. The molecule has 0 spiro atoms. The number of benzene rings is 1. The number of hydrogen-bond acceptors (Lipinski definition) is 3. The van der Waals surface area contributed by atoms with Crippen molar-refractivity contribution < 1.29 is 0 Å². The van der Waals surface area contributed by atoms with Gasteiger partial charge in [0.15, 0.2) is 0 Å². The maximum Gasteiger partial charge on any atom is 0.0705 e. The first-order valence-corrected chi connectivity index (χ1v) is 7.03. The number of aromatic nitrogens is 1. The number of rotatable bonds is 2. The van der Waals surface area contributed by atoms with E-state index in [9.17, 15) is 0 Å². The van der Waals surface area contributed by atoms with Crippen molar-refractivity contribution >= 4 is 23.3 Å². The van der Waals surface area contributed by atoms with E-state index >= 15 is 0 Å². The summed E-state index contributed by atoms with van der Waals surface area (Å²) in [5.41, 5.74) is 3.56. The van der Waals surface area contributed by atoms with Gasteiger partial charge < -0.3 is 5.32 Å². The standard InChI is InChI=1S/C16H21N3.ClH/c1-12-3-5-15-9-14(4-6-16(15)18-12)11-19-8-7-17-10-13(19)2;/h3-6,9,13,17H,7-8,10-11H2,1-2H3;1H/t13-;/m1./s1. The van der Waals surface area contributed by atoms with Crippen molar-refractivity contribution in [1.82, 2.24) is 15.2 Å². The molecule has 20 heavy (non-hydrogen) atoms. The molecule has 4 heteroatoms. The van der Waals surface area contributed by atoms with Crippen molar-refractivity contribution in [3.05, 3.63) is 41.6 Å². The third-order valence-electron chi connectivity index (χ3n) is 3.92. The number of halogens is 1. The molecule has 1 aliphatic rings.